The lowest BCUT2D eigenvalue weighted by atomic mass is 9.72. The number of fused-ring (bicyclic) bond motifs is 3. The van der Waals surface area contributed by atoms with Crippen molar-refractivity contribution in [2.75, 3.05) is 6.54 Å². The zero-order chi connectivity index (χ0) is 16.0. The van der Waals surface area contributed by atoms with Crippen molar-refractivity contribution in [3.63, 3.8) is 0 Å². The summed E-state index contributed by atoms with van der Waals surface area (Å²) in [5, 5.41) is 9.43. The first-order valence-electron chi connectivity index (χ1n) is 8.14. The van der Waals surface area contributed by atoms with E-state index in [0.717, 1.165) is 42.8 Å². The van der Waals surface area contributed by atoms with Crippen LogP contribution in [0.5, 0.6) is 0 Å². The van der Waals surface area contributed by atoms with Gasteiger partial charge < -0.3 is 14.6 Å². The molecular formula is C17H24N2O3. The topological polar surface area (TPSA) is 62.5 Å². The van der Waals surface area contributed by atoms with E-state index < -0.39 is 11.9 Å². The average molecular weight is 304 g/mol. The second-order valence-corrected chi connectivity index (χ2v) is 6.68. The third-order valence-corrected chi connectivity index (χ3v) is 5.48. The highest BCUT2D eigenvalue weighted by atomic mass is 16.4. The Kier molecular flexibility index (Phi) is 3.75. The Morgan fingerprint density at radius 1 is 1.32 bits per heavy atom. The average Bonchev–Trinajstić information content (AvgIpc) is 2.81. The molecule has 0 radical (unpaired) electrons. The van der Waals surface area contributed by atoms with Gasteiger partial charge in [0.05, 0.1) is 11.5 Å². The number of rotatable bonds is 3. The summed E-state index contributed by atoms with van der Waals surface area (Å²) in [5.74, 6) is -0.810. The van der Waals surface area contributed by atoms with E-state index in [1.54, 1.807) is 0 Å². The summed E-state index contributed by atoms with van der Waals surface area (Å²) in [6, 6.07) is 1.80. The molecule has 2 aliphatic heterocycles. The predicted molar refractivity (Wildman–Crippen MR) is 82.9 cm³/mol. The van der Waals surface area contributed by atoms with E-state index in [4.69, 9.17) is 0 Å². The molecule has 1 N–H and O–H groups in total. The number of aliphatic carboxylic acids is 1. The number of carboxylic acid groups (broad SMARTS) is 1. The van der Waals surface area contributed by atoms with Gasteiger partial charge in [-0.25, -0.2) is 0 Å². The maximum atomic E-state index is 13.0. The lowest BCUT2D eigenvalue weighted by molar-refractivity contribution is -0.148. The van der Waals surface area contributed by atoms with Crippen LogP contribution < -0.4 is 0 Å². The molecule has 2 bridgehead atoms. The largest absolute Gasteiger partial charge is 0.481 e. The number of hydrogen-bond donors (Lipinski definition) is 1. The number of carbonyl (C=O) groups is 2. The Morgan fingerprint density at radius 2 is 2.05 bits per heavy atom. The summed E-state index contributed by atoms with van der Waals surface area (Å²) in [4.78, 5) is 26.3. The van der Waals surface area contributed by atoms with Crippen molar-refractivity contribution in [1.82, 2.24) is 9.47 Å². The fourth-order valence-corrected chi connectivity index (χ4v) is 4.35. The fraction of sp³-hybridized carbons (Fsp3) is 0.647. The van der Waals surface area contributed by atoms with E-state index in [1.807, 2.05) is 24.8 Å². The minimum absolute atomic E-state index is 0.00782. The van der Waals surface area contributed by atoms with Crippen LogP contribution >= 0.6 is 0 Å². The second-order valence-electron chi connectivity index (χ2n) is 6.68. The highest BCUT2D eigenvalue weighted by Crippen LogP contribution is 2.40. The molecule has 3 atom stereocenters. The van der Waals surface area contributed by atoms with Gasteiger partial charge in [0.15, 0.2) is 0 Å². The Balaban J connectivity index is 1.91. The van der Waals surface area contributed by atoms with Gasteiger partial charge in [0.25, 0.3) is 5.91 Å². The maximum absolute atomic E-state index is 13.0. The molecule has 2 saturated heterocycles. The van der Waals surface area contributed by atoms with Crippen LogP contribution in [-0.4, -0.2) is 39.0 Å². The molecule has 4 rings (SSSR count). The van der Waals surface area contributed by atoms with Gasteiger partial charge in [-0.1, -0.05) is 0 Å². The number of carbonyl (C=O) groups excluding carboxylic acids is 1. The van der Waals surface area contributed by atoms with Crippen LogP contribution in [-0.2, 0) is 11.3 Å². The van der Waals surface area contributed by atoms with Gasteiger partial charge in [-0.2, -0.15) is 0 Å². The minimum atomic E-state index is -0.758. The first-order chi connectivity index (χ1) is 10.4. The van der Waals surface area contributed by atoms with Crippen molar-refractivity contribution in [2.24, 2.45) is 11.8 Å². The van der Waals surface area contributed by atoms with Crippen molar-refractivity contribution in [3.8, 4) is 0 Å². The van der Waals surface area contributed by atoms with E-state index >= 15 is 0 Å². The third-order valence-electron chi connectivity index (χ3n) is 5.48. The van der Waals surface area contributed by atoms with Gasteiger partial charge in [0, 0.05) is 30.5 Å². The molecule has 5 nitrogen and oxygen atoms in total. The third kappa shape index (κ3) is 2.23. The standard InChI is InChI=1S/C17H24N2O3/c1-4-18-10(2)7-13(11(18)3)16(20)19-9-12-5-6-15(19)14(8-12)17(21)22/h7,12,14-15H,4-6,8-9H2,1-3H3,(H,21,22)/t12-,14-,15+/m1/s1. The number of aryl methyl sites for hydroxylation is 1. The lowest BCUT2D eigenvalue weighted by Gasteiger charge is -2.48. The first kappa shape index (κ1) is 15.1. The molecule has 120 valence electrons. The van der Waals surface area contributed by atoms with Crippen LogP contribution in [0.1, 0.15) is 47.9 Å². The number of piperidine rings is 2. The van der Waals surface area contributed by atoms with Crippen LogP contribution in [0.15, 0.2) is 6.07 Å². The second kappa shape index (κ2) is 5.45. The van der Waals surface area contributed by atoms with Crippen LogP contribution in [0.2, 0.25) is 0 Å². The summed E-state index contributed by atoms with van der Waals surface area (Å²) in [5.41, 5.74) is 2.80. The molecule has 1 amide bonds. The highest BCUT2D eigenvalue weighted by Gasteiger charge is 2.46. The molecule has 1 saturated carbocycles. The van der Waals surface area contributed by atoms with Gasteiger partial charge in [-0.15, -0.1) is 0 Å². The van der Waals surface area contributed by atoms with Crippen LogP contribution in [0.4, 0.5) is 0 Å². The summed E-state index contributed by atoms with van der Waals surface area (Å²) < 4.78 is 2.13. The Morgan fingerprint density at radius 3 is 2.59 bits per heavy atom. The van der Waals surface area contributed by atoms with Gasteiger partial charge >= 0.3 is 5.97 Å². The molecule has 5 heteroatoms. The van der Waals surface area contributed by atoms with E-state index in [0.29, 0.717) is 12.5 Å². The molecular weight excluding hydrogens is 280 g/mol. The Hall–Kier alpha value is -1.78. The molecule has 3 fully saturated rings. The van der Waals surface area contributed by atoms with Gasteiger partial charge in [0.2, 0.25) is 0 Å². The minimum Gasteiger partial charge on any atom is -0.481 e. The number of amides is 1. The smallest absolute Gasteiger partial charge is 0.308 e. The summed E-state index contributed by atoms with van der Waals surface area (Å²) in [6.07, 6.45) is 2.59. The lowest BCUT2D eigenvalue weighted by Crippen LogP contribution is -2.57. The van der Waals surface area contributed by atoms with Gasteiger partial charge in [-0.05, 0) is 52.0 Å². The molecule has 3 aliphatic rings. The summed E-state index contributed by atoms with van der Waals surface area (Å²) in [7, 11) is 0. The fourth-order valence-electron chi connectivity index (χ4n) is 4.35. The molecule has 3 heterocycles. The monoisotopic (exact) mass is 304 g/mol. The summed E-state index contributed by atoms with van der Waals surface area (Å²) in [6.45, 7) is 7.60. The van der Waals surface area contributed by atoms with Crippen LogP contribution in [0.3, 0.4) is 0 Å². The van der Waals surface area contributed by atoms with Gasteiger partial charge in [-0.3, -0.25) is 9.59 Å². The molecule has 0 spiro atoms. The normalized spacial score (nSPS) is 27.2. The highest BCUT2D eigenvalue weighted by molar-refractivity contribution is 5.96. The molecule has 1 aromatic heterocycles. The zero-order valence-electron chi connectivity index (χ0n) is 13.5. The SMILES string of the molecule is CCn1c(C)cc(C(=O)N2C[C@@H]3CC[C@H]2[C@H](C(=O)O)C3)c1C. The van der Waals surface area contributed by atoms with Crippen molar-refractivity contribution in [3.05, 3.63) is 23.0 Å². The van der Waals surface area contributed by atoms with Crippen molar-refractivity contribution in [2.45, 2.75) is 52.6 Å². The molecule has 22 heavy (non-hydrogen) atoms. The maximum Gasteiger partial charge on any atom is 0.308 e. The van der Waals surface area contributed by atoms with E-state index in [1.165, 1.54) is 0 Å². The number of aromatic nitrogens is 1. The van der Waals surface area contributed by atoms with Crippen molar-refractivity contribution < 1.29 is 14.7 Å². The van der Waals surface area contributed by atoms with E-state index in [2.05, 4.69) is 11.5 Å². The van der Waals surface area contributed by atoms with Crippen LogP contribution in [0, 0.1) is 25.7 Å². The number of carboxylic acids is 1. The van der Waals surface area contributed by atoms with Gasteiger partial charge in [0.1, 0.15) is 0 Å². The molecule has 0 aromatic carbocycles. The molecule has 1 aromatic rings. The van der Waals surface area contributed by atoms with E-state index in [9.17, 15) is 14.7 Å². The van der Waals surface area contributed by atoms with Crippen molar-refractivity contribution >= 4 is 11.9 Å². The predicted octanol–water partition coefficient (Wildman–Crippen LogP) is 2.45. The van der Waals surface area contributed by atoms with Crippen molar-refractivity contribution in [1.29, 1.82) is 0 Å². The summed E-state index contributed by atoms with van der Waals surface area (Å²) >= 11 is 0. The first-order valence-corrected chi connectivity index (χ1v) is 8.14. The van der Waals surface area contributed by atoms with Crippen LogP contribution in [0.25, 0.3) is 0 Å². The Bertz CT molecular complexity index is 620. The molecule has 0 unspecified atom stereocenters. The zero-order valence-corrected chi connectivity index (χ0v) is 13.5. The molecule has 1 aliphatic carbocycles. The van der Waals surface area contributed by atoms with E-state index in [-0.39, 0.29) is 11.9 Å². The Labute approximate surface area is 130 Å². The number of nitrogens with zero attached hydrogens (tertiary/aromatic N) is 2. The quantitative estimate of drug-likeness (QED) is 0.933. The number of hydrogen-bond acceptors (Lipinski definition) is 2.